The van der Waals surface area contributed by atoms with Gasteiger partial charge in [0, 0.05) is 5.92 Å². The summed E-state index contributed by atoms with van der Waals surface area (Å²) >= 11 is 7.47. The first kappa shape index (κ1) is 15.9. The number of carbonyl (C=O) groups is 1. The summed E-state index contributed by atoms with van der Waals surface area (Å²) in [6.07, 6.45) is 0. The summed E-state index contributed by atoms with van der Waals surface area (Å²) in [6.45, 7) is 5.98. The molecule has 0 aliphatic rings. The minimum absolute atomic E-state index is 0.0697. The number of hydrogen-bond acceptors (Lipinski definition) is 4. The van der Waals surface area contributed by atoms with E-state index in [1.54, 1.807) is 6.07 Å². The Balaban J connectivity index is 2.58. The van der Waals surface area contributed by atoms with Gasteiger partial charge in [0.2, 0.25) is 0 Å². The molecule has 0 unspecified atom stereocenters. The Bertz CT molecular complexity index is 650. The van der Waals surface area contributed by atoms with Crippen LogP contribution < -0.4 is 0 Å². The van der Waals surface area contributed by atoms with Gasteiger partial charge >= 0.3 is 5.97 Å². The molecule has 0 aliphatic heterocycles. The molecule has 0 saturated carbocycles. The van der Waals surface area contributed by atoms with Gasteiger partial charge in [-0.25, -0.2) is 0 Å². The fraction of sp³-hybridized carbons (Fsp3) is 0.357. The number of aryl methyl sites for hydroxylation is 1. The normalized spacial score (nSPS) is 11.1. The molecular formula is C14H16ClN3O2S. The molecule has 1 N–H and O–H groups in total. The van der Waals surface area contributed by atoms with E-state index in [0.29, 0.717) is 10.2 Å². The largest absolute Gasteiger partial charge is 0.481 e. The van der Waals surface area contributed by atoms with Crippen LogP contribution in [0.4, 0.5) is 0 Å². The molecule has 0 amide bonds. The first-order valence-corrected chi connectivity index (χ1v) is 7.83. The smallest absolute Gasteiger partial charge is 0.313 e. The van der Waals surface area contributed by atoms with Gasteiger partial charge in [-0.05, 0) is 18.6 Å². The number of carboxylic acids is 1. The Morgan fingerprint density at radius 2 is 2.14 bits per heavy atom. The van der Waals surface area contributed by atoms with Gasteiger partial charge in [-0.3, -0.25) is 9.36 Å². The van der Waals surface area contributed by atoms with E-state index in [2.05, 4.69) is 10.2 Å². The molecule has 5 nitrogen and oxygen atoms in total. The van der Waals surface area contributed by atoms with Crippen LogP contribution in [0.15, 0.2) is 23.4 Å². The maximum Gasteiger partial charge on any atom is 0.313 e. The van der Waals surface area contributed by atoms with Crippen molar-refractivity contribution in [1.29, 1.82) is 0 Å². The molecule has 7 heteroatoms. The Kier molecular flexibility index (Phi) is 4.90. The van der Waals surface area contributed by atoms with Gasteiger partial charge in [0.15, 0.2) is 5.16 Å². The van der Waals surface area contributed by atoms with E-state index in [9.17, 15) is 4.79 Å². The van der Waals surface area contributed by atoms with E-state index in [1.807, 2.05) is 37.5 Å². The minimum Gasteiger partial charge on any atom is -0.481 e. The zero-order valence-electron chi connectivity index (χ0n) is 12.0. The number of nitrogens with zero attached hydrogens (tertiary/aromatic N) is 3. The highest BCUT2D eigenvalue weighted by Crippen LogP contribution is 2.31. The fourth-order valence-corrected chi connectivity index (χ4v) is 2.96. The Morgan fingerprint density at radius 3 is 2.71 bits per heavy atom. The predicted octanol–water partition coefficient (Wildman–Crippen LogP) is 3.53. The first-order valence-electron chi connectivity index (χ1n) is 6.47. The molecule has 0 radical (unpaired) electrons. The lowest BCUT2D eigenvalue weighted by molar-refractivity contribution is -0.133. The third-order valence-electron chi connectivity index (χ3n) is 2.91. The van der Waals surface area contributed by atoms with E-state index in [-0.39, 0.29) is 11.7 Å². The third kappa shape index (κ3) is 3.39. The Hall–Kier alpha value is -1.53. The standard InChI is InChI=1S/C14H16ClN3O2S/c1-8(2)13-16-17-14(21-7-11(19)20)18(13)12-9(3)5-4-6-10(12)15/h4-6,8H,7H2,1-3H3,(H,19,20). The SMILES string of the molecule is Cc1cccc(Cl)c1-n1c(SCC(=O)O)nnc1C(C)C. The van der Waals surface area contributed by atoms with Crippen LogP contribution in [0.1, 0.15) is 31.2 Å². The summed E-state index contributed by atoms with van der Waals surface area (Å²) in [7, 11) is 0. The third-order valence-corrected chi connectivity index (χ3v) is 4.13. The van der Waals surface area contributed by atoms with Crippen molar-refractivity contribution in [1.82, 2.24) is 14.8 Å². The van der Waals surface area contributed by atoms with Crippen LogP contribution in [-0.4, -0.2) is 31.6 Å². The molecule has 0 bridgehead atoms. The lowest BCUT2D eigenvalue weighted by Gasteiger charge is -2.15. The van der Waals surface area contributed by atoms with E-state index >= 15 is 0 Å². The number of aromatic nitrogens is 3. The Labute approximate surface area is 132 Å². The van der Waals surface area contributed by atoms with Crippen molar-refractivity contribution in [3.8, 4) is 5.69 Å². The van der Waals surface area contributed by atoms with E-state index < -0.39 is 5.97 Å². The summed E-state index contributed by atoms with van der Waals surface area (Å²) in [6, 6.07) is 5.64. The zero-order valence-corrected chi connectivity index (χ0v) is 13.6. The van der Waals surface area contributed by atoms with Crippen LogP contribution in [0, 0.1) is 6.92 Å². The monoisotopic (exact) mass is 325 g/mol. The molecule has 0 spiro atoms. The fourth-order valence-electron chi connectivity index (χ4n) is 1.99. The van der Waals surface area contributed by atoms with Gasteiger partial charge < -0.3 is 5.11 Å². The maximum atomic E-state index is 10.8. The second kappa shape index (κ2) is 6.49. The van der Waals surface area contributed by atoms with E-state index in [0.717, 1.165) is 28.8 Å². The predicted molar refractivity (Wildman–Crippen MR) is 83.6 cm³/mol. The molecule has 2 aromatic rings. The number of carboxylic acid groups (broad SMARTS) is 1. The summed E-state index contributed by atoms with van der Waals surface area (Å²) in [5, 5.41) is 18.3. The van der Waals surface area contributed by atoms with Crippen molar-refractivity contribution in [3.63, 3.8) is 0 Å². The maximum absolute atomic E-state index is 10.8. The van der Waals surface area contributed by atoms with Gasteiger partial charge in [0.05, 0.1) is 16.5 Å². The van der Waals surface area contributed by atoms with Crippen LogP contribution in [0.5, 0.6) is 0 Å². The molecule has 1 aromatic heterocycles. The topological polar surface area (TPSA) is 68.0 Å². The van der Waals surface area contributed by atoms with Crippen molar-refractivity contribution in [2.45, 2.75) is 31.8 Å². The van der Waals surface area contributed by atoms with Gasteiger partial charge in [-0.1, -0.05) is 49.3 Å². The molecule has 21 heavy (non-hydrogen) atoms. The average molecular weight is 326 g/mol. The first-order chi connectivity index (χ1) is 9.91. The minimum atomic E-state index is -0.892. The van der Waals surface area contributed by atoms with Crippen molar-refractivity contribution in [2.75, 3.05) is 5.75 Å². The number of halogens is 1. The Morgan fingerprint density at radius 1 is 1.43 bits per heavy atom. The van der Waals surface area contributed by atoms with Crippen molar-refractivity contribution in [3.05, 3.63) is 34.6 Å². The van der Waals surface area contributed by atoms with Gasteiger partial charge in [0.1, 0.15) is 5.82 Å². The molecule has 1 heterocycles. The molecule has 112 valence electrons. The second-order valence-corrected chi connectivity index (χ2v) is 6.27. The van der Waals surface area contributed by atoms with Gasteiger partial charge in [-0.2, -0.15) is 0 Å². The molecule has 0 fully saturated rings. The van der Waals surface area contributed by atoms with E-state index in [4.69, 9.17) is 16.7 Å². The summed E-state index contributed by atoms with van der Waals surface area (Å²) in [5.74, 6) is -0.0531. The molecule has 2 rings (SSSR count). The van der Waals surface area contributed by atoms with E-state index in [1.165, 1.54) is 0 Å². The number of thioether (sulfide) groups is 1. The van der Waals surface area contributed by atoms with Crippen LogP contribution in [0.25, 0.3) is 5.69 Å². The molecule has 1 aromatic carbocycles. The van der Waals surface area contributed by atoms with Crippen molar-refractivity contribution in [2.24, 2.45) is 0 Å². The highest BCUT2D eigenvalue weighted by atomic mass is 35.5. The summed E-state index contributed by atoms with van der Waals surface area (Å²) in [4.78, 5) is 10.8. The number of rotatable bonds is 5. The highest BCUT2D eigenvalue weighted by Gasteiger charge is 2.20. The van der Waals surface area contributed by atoms with Crippen LogP contribution in [-0.2, 0) is 4.79 Å². The quantitative estimate of drug-likeness (QED) is 0.852. The number of benzene rings is 1. The average Bonchev–Trinajstić information content (AvgIpc) is 2.80. The number of para-hydroxylation sites is 1. The van der Waals surface area contributed by atoms with Crippen LogP contribution >= 0.6 is 23.4 Å². The highest BCUT2D eigenvalue weighted by molar-refractivity contribution is 7.99. The number of aliphatic carboxylic acids is 1. The molecule has 0 atom stereocenters. The lowest BCUT2D eigenvalue weighted by atomic mass is 10.1. The van der Waals surface area contributed by atoms with Crippen molar-refractivity contribution >= 4 is 29.3 Å². The molecule has 0 saturated heterocycles. The number of hydrogen-bond donors (Lipinski definition) is 1. The molecule has 0 aliphatic carbocycles. The summed E-state index contributed by atoms with van der Waals surface area (Å²) in [5.41, 5.74) is 1.79. The zero-order chi connectivity index (χ0) is 15.6. The second-order valence-electron chi connectivity index (χ2n) is 4.92. The van der Waals surface area contributed by atoms with Gasteiger partial charge in [-0.15, -0.1) is 10.2 Å². The van der Waals surface area contributed by atoms with Gasteiger partial charge in [0.25, 0.3) is 0 Å². The lowest BCUT2D eigenvalue weighted by Crippen LogP contribution is -2.08. The van der Waals surface area contributed by atoms with Crippen LogP contribution in [0.3, 0.4) is 0 Å². The van der Waals surface area contributed by atoms with Crippen LogP contribution in [0.2, 0.25) is 5.02 Å². The molecular weight excluding hydrogens is 310 g/mol. The van der Waals surface area contributed by atoms with Crippen molar-refractivity contribution < 1.29 is 9.90 Å². The summed E-state index contributed by atoms with van der Waals surface area (Å²) < 4.78 is 1.86.